The quantitative estimate of drug-likeness (QED) is 0.517. The predicted octanol–water partition coefficient (Wildman–Crippen LogP) is -0.436. The van der Waals surface area contributed by atoms with Gasteiger partial charge in [0.15, 0.2) is 0 Å². The van der Waals surface area contributed by atoms with Gasteiger partial charge in [-0.05, 0) is 30.7 Å². The van der Waals surface area contributed by atoms with E-state index in [2.05, 4.69) is 0 Å². The SMILES string of the molecule is O=C(c1ccc(Cl)cc1)N1CC[C@](O)(CN(CCO)CCO)[C@@H](O)C1. The maximum Gasteiger partial charge on any atom is 0.253 e. The topological polar surface area (TPSA) is 104 Å². The number of rotatable bonds is 7. The summed E-state index contributed by atoms with van der Waals surface area (Å²) in [6.45, 7) is 0.830. The van der Waals surface area contributed by atoms with E-state index in [0.717, 1.165) is 0 Å². The van der Waals surface area contributed by atoms with Gasteiger partial charge < -0.3 is 25.3 Å². The molecule has 0 bridgehead atoms. The van der Waals surface area contributed by atoms with Gasteiger partial charge in [0, 0.05) is 43.3 Å². The van der Waals surface area contributed by atoms with Gasteiger partial charge >= 0.3 is 0 Å². The number of carbonyl (C=O) groups is 1. The monoisotopic (exact) mass is 372 g/mol. The minimum atomic E-state index is -1.39. The zero-order valence-electron chi connectivity index (χ0n) is 14.0. The molecule has 0 saturated carbocycles. The largest absolute Gasteiger partial charge is 0.395 e. The number of hydrogen-bond acceptors (Lipinski definition) is 6. The Morgan fingerprint density at radius 1 is 1.24 bits per heavy atom. The molecule has 4 N–H and O–H groups in total. The van der Waals surface area contributed by atoms with E-state index in [1.54, 1.807) is 29.2 Å². The number of amides is 1. The standard InChI is InChI=1S/C17H25ClN2O5/c18-14-3-1-13(2-4-14)16(24)20-6-5-17(25,15(23)11-20)12-19(7-9-21)8-10-22/h1-4,15,21-23,25H,5-12H2/t15-,17-/m0/s1. The maximum absolute atomic E-state index is 12.5. The summed E-state index contributed by atoms with van der Waals surface area (Å²) in [5.41, 5.74) is -0.912. The van der Waals surface area contributed by atoms with Crippen molar-refractivity contribution in [2.24, 2.45) is 0 Å². The van der Waals surface area contributed by atoms with Crippen LogP contribution in [0.25, 0.3) is 0 Å². The highest BCUT2D eigenvalue weighted by molar-refractivity contribution is 6.30. The molecule has 2 rings (SSSR count). The zero-order chi connectivity index (χ0) is 18.4. The number of carbonyl (C=O) groups excluding carboxylic acids is 1. The van der Waals surface area contributed by atoms with Crippen LogP contribution in [-0.4, -0.2) is 93.8 Å². The van der Waals surface area contributed by atoms with Gasteiger partial charge in [-0.1, -0.05) is 11.6 Å². The molecule has 8 heteroatoms. The third kappa shape index (κ3) is 5.13. The number of benzene rings is 1. The van der Waals surface area contributed by atoms with E-state index in [4.69, 9.17) is 21.8 Å². The fourth-order valence-corrected chi connectivity index (χ4v) is 3.18. The van der Waals surface area contributed by atoms with Crippen LogP contribution in [0.2, 0.25) is 5.02 Å². The molecule has 1 aromatic rings. The van der Waals surface area contributed by atoms with E-state index in [-0.39, 0.29) is 38.6 Å². The summed E-state index contributed by atoms with van der Waals surface area (Å²) in [6.07, 6.45) is -0.904. The van der Waals surface area contributed by atoms with Crippen LogP contribution in [0.1, 0.15) is 16.8 Å². The normalized spacial score (nSPS) is 23.9. The smallest absolute Gasteiger partial charge is 0.253 e. The lowest BCUT2D eigenvalue weighted by Gasteiger charge is -2.44. The van der Waals surface area contributed by atoms with Gasteiger partial charge in [-0.25, -0.2) is 0 Å². The van der Waals surface area contributed by atoms with Crippen molar-refractivity contribution in [2.45, 2.75) is 18.1 Å². The maximum atomic E-state index is 12.5. The second kappa shape index (κ2) is 8.93. The Morgan fingerprint density at radius 2 is 1.84 bits per heavy atom. The lowest BCUT2D eigenvalue weighted by Crippen LogP contribution is -2.61. The number of nitrogens with zero attached hydrogens (tertiary/aromatic N) is 2. The van der Waals surface area contributed by atoms with Gasteiger partial charge in [-0.2, -0.15) is 0 Å². The third-order valence-corrected chi connectivity index (χ3v) is 4.79. The summed E-state index contributed by atoms with van der Waals surface area (Å²) >= 11 is 5.82. The highest BCUT2D eigenvalue weighted by atomic mass is 35.5. The fraction of sp³-hybridized carbons (Fsp3) is 0.588. The first-order valence-electron chi connectivity index (χ1n) is 8.29. The minimum Gasteiger partial charge on any atom is -0.395 e. The Balaban J connectivity index is 2.00. The number of aliphatic hydroxyl groups excluding tert-OH is 3. The molecule has 140 valence electrons. The molecular formula is C17H25ClN2O5. The van der Waals surface area contributed by atoms with Crippen molar-refractivity contribution in [3.63, 3.8) is 0 Å². The molecule has 0 unspecified atom stereocenters. The summed E-state index contributed by atoms with van der Waals surface area (Å²) < 4.78 is 0. The third-order valence-electron chi connectivity index (χ3n) is 4.54. The molecule has 1 fully saturated rings. The van der Waals surface area contributed by atoms with Crippen molar-refractivity contribution < 1.29 is 25.2 Å². The highest BCUT2D eigenvalue weighted by Gasteiger charge is 2.42. The molecular weight excluding hydrogens is 348 g/mol. The van der Waals surface area contributed by atoms with Crippen molar-refractivity contribution in [2.75, 3.05) is 45.9 Å². The fourth-order valence-electron chi connectivity index (χ4n) is 3.05. The van der Waals surface area contributed by atoms with Gasteiger partial charge in [0.2, 0.25) is 0 Å². The van der Waals surface area contributed by atoms with E-state index in [0.29, 0.717) is 30.2 Å². The van der Waals surface area contributed by atoms with Gasteiger partial charge in [0.25, 0.3) is 5.91 Å². The van der Waals surface area contributed by atoms with E-state index < -0.39 is 11.7 Å². The second-order valence-electron chi connectivity index (χ2n) is 6.35. The van der Waals surface area contributed by atoms with Gasteiger partial charge in [0.05, 0.1) is 13.2 Å². The summed E-state index contributed by atoms with van der Waals surface area (Å²) in [6, 6.07) is 6.52. The van der Waals surface area contributed by atoms with Crippen LogP contribution in [0, 0.1) is 0 Å². The molecule has 0 aliphatic carbocycles. The Hall–Kier alpha value is -1.22. The number of β-amino-alcohol motifs (C(OH)–C–C–N with tert-alkyl or cyclic N) is 1. The molecule has 1 amide bonds. The van der Waals surface area contributed by atoms with Crippen molar-refractivity contribution in [3.05, 3.63) is 34.9 Å². The molecule has 1 aliphatic heterocycles. The first-order chi connectivity index (χ1) is 11.9. The van der Waals surface area contributed by atoms with Crippen LogP contribution in [-0.2, 0) is 0 Å². The highest BCUT2D eigenvalue weighted by Crippen LogP contribution is 2.25. The summed E-state index contributed by atoms with van der Waals surface area (Å²) in [4.78, 5) is 15.7. The molecule has 1 heterocycles. The Kier molecular flexibility index (Phi) is 7.18. The second-order valence-corrected chi connectivity index (χ2v) is 6.79. The average molecular weight is 373 g/mol. The van der Waals surface area contributed by atoms with E-state index in [9.17, 15) is 15.0 Å². The first kappa shape index (κ1) is 20.1. The summed E-state index contributed by atoms with van der Waals surface area (Å²) in [7, 11) is 0. The molecule has 1 aromatic carbocycles. The minimum absolute atomic E-state index is 0.0179. The Labute approximate surface area is 152 Å². The van der Waals surface area contributed by atoms with E-state index in [1.807, 2.05) is 0 Å². The predicted molar refractivity (Wildman–Crippen MR) is 93.5 cm³/mol. The van der Waals surface area contributed by atoms with Gasteiger partial charge in [-0.15, -0.1) is 0 Å². The molecule has 7 nitrogen and oxygen atoms in total. The molecule has 0 aromatic heterocycles. The van der Waals surface area contributed by atoms with Crippen molar-refractivity contribution >= 4 is 17.5 Å². The molecule has 2 atom stereocenters. The van der Waals surface area contributed by atoms with Crippen LogP contribution in [0.3, 0.4) is 0 Å². The van der Waals surface area contributed by atoms with Crippen molar-refractivity contribution in [1.82, 2.24) is 9.80 Å². The van der Waals surface area contributed by atoms with Crippen LogP contribution < -0.4 is 0 Å². The molecule has 0 spiro atoms. The Morgan fingerprint density at radius 3 is 2.36 bits per heavy atom. The number of piperidine rings is 1. The first-order valence-corrected chi connectivity index (χ1v) is 8.67. The average Bonchev–Trinajstić information content (AvgIpc) is 2.58. The van der Waals surface area contributed by atoms with Gasteiger partial charge in [0.1, 0.15) is 11.7 Å². The summed E-state index contributed by atoms with van der Waals surface area (Å²) in [5, 5.41) is 39.9. The molecule has 0 radical (unpaired) electrons. The van der Waals surface area contributed by atoms with Crippen LogP contribution in [0.4, 0.5) is 0 Å². The molecule has 1 aliphatic rings. The van der Waals surface area contributed by atoms with E-state index >= 15 is 0 Å². The van der Waals surface area contributed by atoms with Gasteiger partial charge in [-0.3, -0.25) is 9.69 Å². The summed E-state index contributed by atoms with van der Waals surface area (Å²) in [5.74, 6) is -0.222. The van der Waals surface area contributed by atoms with Crippen LogP contribution in [0.15, 0.2) is 24.3 Å². The lowest BCUT2D eigenvalue weighted by molar-refractivity contribution is -0.127. The number of aliphatic hydroxyl groups is 4. The molecule has 1 saturated heterocycles. The van der Waals surface area contributed by atoms with Crippen molar-refractivity contribution in [3.8, 4) is 0 Å². The number of halogens is 1. The van der Waals surface area contributed by atoms with Crippen LogP contribution in [0.5, 0.6) is 0 Å². The lowest BCUT2D eigenvalue weighted by atomic mass is 9.87. The van der Waals surface area contributed by atoms with Crippen molar-refractivity contribution in [1.29, 1.82) is 0 Å². The molecule has 25 heavy (non-hydrogen) atoms. The Bertz CT molecular complexity index is 565. The number of likely N-dealkylation sites (tertiary alicyclic amines) is 1. The number of hydrogen-bond donors (Lipinski definition) is 4. The van der Waals surface area contributed by atoms with E-state index in [1.165, 1.54) is 4.90 Å². The van der Waals surface area contributed by atoms with Crippen LogP contribution >= 0.6 is 11.6 Å². The zero-order valence-corrected chi connectivity index (χ0v) is 14.8.